The second-order valence-corrected chi connectivity index (χ2v) is 4.08. The van der Waals surface area contributed by atoms with Gasteiger partial charge in [-0.3, -0.25) is 4.79 Å². The highest BCUT2D eigenvalue weighted by molar-refractivity contribution is 5.94. The summed E-state index contributed by atoms with van der Waals surface area (Å²) < 4.78 is 32.3. The van der Waals surface area contributed by atoms with Crippen molar-refractivity contribution >= 4 is 5.91 Å². The largest absolute Gasteiger partial charge is 0.373 e. The van der Waals surface area contributed by atoms with E-state index in [0.29, 0.717) is 13.2 Å². The van der Waals surface area contributed by atoms with E-state index < -0.39 is 23.1 Å². The molecule has 98 valence electrons. The molecule has 1 fully saturated rings. The van der Waals surface area contributed by atoms with Crippen molar-refractivity contribution in [1.29, 1.82) is 0 Å². The fourth-order valence-electron chi connectivity index (χ4n) is 1.91. The number of hydrogen-bond donors (Lipinski definition) is 1. The number of ether oxygens (including phenoxy) is 1. The van der Waals surface area contributed by atoms with Gasteiger partial charge in [-0.2, -0.15) is 0 Å². The number of hydrogen-bond acceptors (Lipinski definition) is 3. The molecule has 4 nitrogen and oxygen atoms in total. The minimum Gasteiger partial charge on any atom is -0.373 e. The summed E-state index contributed by atoms with van der Waals surface area (Å²) in [4.78, 5) is 13.4. The third-order valence-electron chi connectivity index (χ3n) is 2.87. The number of rotatable bonds is 2. The lowest BCUT2D eigenvalue weighted by molar-refractivity contribution is -0.0170. The first-order valence-corrected chi connectivity index (χ1v) is 5.68. The highest BCUT2D eigenvalue weighted by Crippen LogP contribution is 2.16. The molecule has 1 atom stereocenters. The molecule has 0 spiro atoms. The Labute approximate surface area is 103 Å². The van der Waals surface area contributed by atoms with Gasteiger partial charge in [-0.15, -0.1) is 0 Å². The SMILES string of the molecule is NCC1CN(C(=O)c2c(F)cccc2F)CCO1. The van der Waals surface area contributed by atoms with E-state index in [2.05, 4.69) is 0 Å². The zero-order chi connectivity index (χ0) is 13.1. The first-order valence-electron chi connectivity index (χ1n) is 5.68. The summed E-state index contributed by atoms with van der Waals surface area (Å²) in [6.45, 7) is 1.15. The normalized spacial score (nSPS) is 19.9. The molecule has 0 saturated carbocycles. The lowest BCUT2D eigenvalue weighted by Crippen LogP contribution is -2.48. The standard InChI is InChI=1S/C12H14F2N2O2/c13-9-2-1-3-10(14)11(9)12(17)16-4-5-18-8(6-15)7-16/h1-3,8H,4-7,15H2. The van der Waals surface area contributed by atoms with Gasteiger partial charge in [0.25, 0.3) is 5.91 Å². The fraction of sp³-hybridized carbons (Fsp3) is 0.417. The molecular formula is C12H14F2N2O2. The van der Waals surface area contributed by atoms with Crippen molar-refractivity contribution in [2.45, 2.75) is 6.10 Å². The van der Waals surface area contributed by atoms with Crippen LogP contribution < -0.4 is 5.73 Å². The molecule has 18 heavy (non-hydrogen) atoms. The Kier molecular flexibility index (Phi) is 3.88. The Balaban J connectivity index is 2.20. The van der Waals surface area contributed by atoms with E-state index in [4.69, 9.17) is 10.5 Å². The van der Waals surface area contributed by atoms with Gasteiger partial charge in [-0.1, -0.05) is 6.07 Å². The summed E-state index contributed by atoms with van der Waals surface area (Å²) in [7, 11) is 0. The van der Waals surface area contributed by atoms with Crippen LogP contribution in [0.3, 0.4) is 0 Å². The molecule has 1 aliphatic rings. The first-order chi connectivity index (χ1) is 8.63. The first kappa shape index (κ1) is 12.9. The van der Waals surface area contributed by atoms with E-state index in [-0.39, 0.29) is 19.2 Å². The predicted octanol–water partition coefficient (Wildman–Crippen LogP) is 0.764. The quantitative estimate of drug-likeness (QED) is 0.850. The number of amides is 1. The van der Waals surface area contributed by atoms with Gasteiger partial charge in [-0.05, 0) is 12.1 Å². The van der Waals surface area contributed by atoms with Gasteiger partial charge in [0.1, 0.15) is 17.2 Å². The topological polar surface area (TPSA) is 55.6 Å². The number of benzene rings is 1. The minimum absolute atomic E-state index is 0.253. The van der Waals surface area contributed by atoms with Crippen LogP contribution in [-0.2, 0) is 4.74 Å². The average Bonchev–Trinajstić information content (AvgIpc) is 2.38. The molecule has 1 aromatic carbocycles. The molecule has 0 aromatic heterocycles. The monoisotopic (exact) mass is 256 g/mol. The van der Waals surface area contributed by atoms with Gasteiger partial charge in [0.15, 0.2) is 0 Å². The Bertz CT molecular complexity index is 433. The summed E-state index contributed by atoms with van der Waals surface area (Å²) in [5.74, 6) is -2.36. The van der Waals surface area contributed by atoms with E-state index in [1.54, 1.807) is 0 Å². The zero-order valence-electron chi connectivity index (χ0n) is 9.73. The lowest BCUT2D eigenvalue weighted by Gasteiger charge is -2.32. The Morgan fingerprint density at radius 3 is 2.72 bits per heavy atom. The van der Waals surface area contributed by atoms with Crippen molar-refractivity contribution in [1.82, 2.24) is 4.90 Å². The maximum atomic E-state index is 13.5. The van der Waals surface area contributed by atoms with E-state index in [1.807, 2.05) is 0 Å². The highest BCUT2D eigenvalue weighted by Gasteiger charge is 2.27. The number of morpholine rings is 1. The van der Waals surface area contributed by atoms with Gasteiger partial charge in [0.2, 0.25) is 0 Å². The highest BCUT2D eigenvalue weighted by atomic mass is 19.1. The second-order valence-electron chi connectivity index (χ2n) is 4.08. The third-order valence-corrected chi connectivity index (χ3v) is 2.87. The summed E-state index contributed by atoms with van der Waals surface area (Å²) in [5.41, 5.74) is 4.93. The number of nitrogens with two attached hydrogens (primary N) is 1. The van der Waals surface area contributed by atoms with Crippen molar-refractivity contribution in [3.63, 3.8) is 0 Å². The van der Waals surface area contributed by atoms with Crippen molar-refractivity contribution in [3.05, 3.63) is 35.4 Å². The molecule has 2 rings (SSSR count). The number of halogens is 2. The Morgan fingerprint density at radius 2 is 2.11 bits per heavy atom. The van der Waals surface area contributed by atoms with E-state index >= 15 is 0 Å². The Hall–Kier alpha value is -1.53. The van der Waals surface area contributed by atoms with Gasteiger partial charge in [0, 0.05) is 19.6 Å². The van der Waals surface area contributed by atoms with Crippen molar-refractivity contribution in [2.24, 2.45) is 5.73 Å². The van der Waals surface area contributed by atoms with Crippen LogP contribution in [0.15, 0.2) is 18.2 Å². The van der Waals surface area contributed by atoms with Crippen LogP contribution in [0.25, 0.3) is 0 Å². The number of carbonyl (C=O) groups excluding carboxylic acids is 1. The predicted molar refractivity (Wildman–Crippen MR) is 61.1 cm³/mol. The van der Waals surface area contributed by atoms with Crippen molar-refractivity contribution in [3.8, 4) is 0 Å². The van der Waals surface area contributed by atoms with Gasteiger partial charge in [-0.25, -0.2) is 8.78 Å². The van der Waals surface area contributed by atoms with Crippen LogP contribution >= 0.6 is 0 Å². The fourth-order valence-corrected chi connectivity index (χ4v) is 1.91. The van der Waals surface area contributed by atoms with Crippen LogP contribution in [0, 0.1) is 11.6 Å². The molecule has 6 heteroatoms. The smallest absolute Gasteiger partial charge is 0.259 e. The summed E-state index contributed by atoms with van der Waals surface area (Å²) >= 11 is 0. The number of nitrogens with zero attached hydrogens (tertiary/aromatic N) is 1. The Morgan fingerprint density at radius 1 is 1.44 bits per heavy atom. The molecule has 1 aromatic rings. The molecule has 1 amide bonds. The zero-order valence-corrected chi connectivity index (χ0v) is 9.73. The van der Waals surface area contributed by atoms with Crippen molar-refractivity contribution < 1.29 is 18.3 Å². The molecule has 0 radical (unpaired) electrons. The molecule has 1 unspecified atom stereocenters. The van der Waals surface area contributed by atoms with E-state index in [9.17, 15) is 13.6 Å². The van der Waals surface area contributed by atoms with Crippen molar-refractivity contribution in [2.75, 3.05) is 26.2 Å². The van der Waals surface area contributed by atoms with E-state index in [1.165, 1.54) is 11.0 Å². The summed E-state index contributed by atoms with van der Waals surface area (Å²) in [6.07, 6.45) is -0.280. The van der Waals surface area contributed by atoms with Gasteiger partial charge >= 0.3 is 0 Å². The maximum Gasteiger partial charge on any atom is 0.259 e. The minimum atomic E-state index is -0.851. The molecule has 0 bridgehead atoms. The van der Waals surface area contributed by atoms with Crippen LogP contribution in [-0.4, -0.2) is 43.2 Å². The molecule has 2 N–H and O–H groups in total. The van der Waals surface area contributed by atoms with Crippen LogP contribution in [0.1, 0.15) is 10.4 Å². The molecule has 1 heterocycles. The molecule has 1 saturated heterocycles. The maximum absolute atomic E-state index is 13.5. The molecule has 0 aliphatic carbocycles. The molecule has 1 aliphatic heterocycles. The van der Waals surface area contributed by atoms with Gasteiger partial charge in [0.05, 0.1) is 12.7 Å². The van der Waals surface area contributed by atoms with Gasteiger partial charge < -0.3 is 15.4 Å². The average molecular weight is 256 g/mol. The van der Waals surface area contributed by atoms with E-state index in [0.717, 1.165) is 12.1 Å². The third kappa shape index (κ3) is 2.49. The summed E-state index contributed by atoms with van der Waals surface area (Å²) in [6, 6.07) is 3.36. The second kappa shape index (κ2) is 5.41. The van der Waals surface area contributed by atoms with Crippen LogP contribution in [0.5, 0.6) is 0 Å². The van der Waals surface area contributed by atoms with Crippen LogP contribution in [0.2, 0.25) is 0 Å². The van der Waals surface area contributed by atoms with Crippen LogP contribution in [0.4, 0.5) is 8.78 Å². The number of carbonyl (C=O) groups is 1. The lowest BCUT2D eigenvalue weighted by atomic mass is 10.1. The summed E-state index contributed by atoms with van der Waals surface area (Å²) in [5, 5.41) is 0. The molecular weight excluding hydrogens is 242 g/mol.